The lowest BCUT2D eigenvalue weighted by Gasteiger charge is -2.07. The number of halogens is 1. The fourth-order valence-electron chi connectivity index (χ4n) is 1.18. The molecule has 1 heterocycles. The minimum Gasteiger partial charge on any atom is -0.300 e. The average molecular weight is 247 g/mol. The van der Waals surface area contributed by atoms with Gasteiger partial charge in [-0.05, 0) is 39.7 Å². The molecule has 1 atom stereocenters. The van der Waals surface area contributed by atoms with Crippen LogP contribution in [-0.2, 0) is 4.79 Å². The van der Waals surface area contributed by atoms with Crippen LogP contribution >= 0.6 is 27.3 Å². The highest BCUT2D eigenvalue weighted by molar-refractivity contribution is 9.10. The number of thiophene rings is 1. The van der Waals surface area contributed by atoms with Gasteiger partial charge in [0.15, 0.2) is 0 Å². The van der Waals surface area contributed by atoms with Gasteiger partial charge in [-0.15, -0.1) is 0 Å². The predicted molar refractivity (Wildman–Crippen MR) is 55.7 cm³/mol. The lowest BCUT2D eigenvalue weighted by Crippen LogP contribution is -1.99. The molecule has 0 aliphatic carbocycles. The summed E-state index contributed by atoms with van der Waals surface area (Å²) < 4.78 is 1.13. The standard InChI is InChI=1S/C9H11BrOS/c1-6(3-7(2)11)8-4-12-5-9(8)10/h4-6H,3H2,1-2H3. The van der Waals surface area contributed by atoms with Crippen molar-refractivity contribution in [2.24, 2.45) is 0 Å². The maximum atomic E-state index is 10.8. The van der Waals surface area contributed by atoms with E-state index in [0.29, 0.717) is 12.3 Å². The number of carbonyl (C=O) groups is 1. The second-order valence-corrected chi connectivity index (χ2v) is 4.58. The molecule has 0 saturated heterocycles. The van der Waals surface area contributed by atoms with Crippen molar-refractivity contribution >= 4 is 33.0 Å². The van der Waals surface area contributed by atoms with Gasteiger partial charge in [0.05, 0.1) is 0 Å². The van der Waals surface area contributed by atoms with Crippen molar-refractivity contribution in [1.29, 1.82) is 0 Å². The number of ketones is 1. The first-order valence-electron chi connectivity index (χ1n) is 3.82. The van der Waals surface area contributed by atoms with Gasteiger partial charge >= 0.3 is 0 Å². The summed E-state index contributed by atoms with van der Waals surface area (Å²) in [6, 6.07) is 0. The van der Waals surface area contributed by atoms with E-state index in [4.69, 9.17) is 0 Å². The van der Waals surface area contributed by atoms with Gasteiger partial charge < -0.3 is 4.79 Å². The first-order valence-corrected chi connectivity index (χ1v) is 5.56. The number of Topliss-reactive ketones (excluding diaryl/α,β-unsaturated/α-hetero) is 1. The van der Waals surface area contributed by atoms with Crippen molar-refractivity contribution in [3.63, 3.8) is 0 Å². The Balaban J connectivity index is 2.71. The van der Waals surface area contributed by atoms with Gasteiger partial charge in [-0.3, -0.25) is 0 Å². The Morgan fingerprint density at radius 3 is 2.75 bits per heavy atom. The van der Waals surface area contributed by atoms with Crippen LogP contribution in [0.15, 0.2) is 15.2 Å². The van der Waals surface area contributed by atoms with Crippen molar-refractivity contribution in [1.82, 2.24) is 0 Å². The highest BCUT2D eigenvalue weighted by Gasteiger charge is 2.11. The van der Waals surface area contributed by atoms with Crippen LogP contribution in [0.2, 0.25) is 0 Å². The fourth-order valence-corrected chi connectivity index (χ4v) is 2.99. The van der Waals surface area contributed by atoms with Crippen LogP contribution in [0.4, 0.5) is 0 Å². The first kappa shape index (κ1) is 9.93. The molecule has 0 N–H and O–H groups in total. The molecule has 0 bridgehead atoms. The van der Waals surface area contributed by atoms with Crippen LogP contribution in [-0.4, -0.2) is 5.78 Å². The minimum atomic E-state index is 0.251. The van der Waals surface area contributed by atoms with E-state index < -0.39 is 0 Å². The lowest BCUT2D eigenvalue weighted by molar-refractivity contribution is -0.117. The molecule has 66 valence electrons. The van der Waals surface area contributed by atoms with Gasteiger partial charge in [0, 0.05) is 16.3 Å². The second kappa shape index (κ2) is 4.19. The van der Waals surface area contributed by atoms with Crippen molar-refractivity contribution in [2.45, 2.75) is 26.2 Å². The fraction of sp³-hybridized carbons (Fsp3) is 0.444. The Morgan fingerprint density at radius 2 is 2.33 bits per heavy atom. The quantitative estimate of drug-likeness (QED) is 0.797. The largest absolute Gasteiger partial charge is 0.300 e. The molecule has 0 amide bonds. The van der Waals surface area contributed by atoms with E-state index in [0.717, 1.165) is 4.47 Å². The van der Waals surface area contributed by atoms with Crippen molar-refractivity contribution < 1.29 is 4.79 Å². The second-order valence-electron chi connectivity index (χ2n) is 2.98. The lowest BCUT2D eigenvalue weighted by atomic mass is 9.99. The Labute approximate surface area is 84.9 Å². The molecule has 1 aromatic heterocycles. The van der Waals surface area contributed by atoms with Gasteiger partial charge in [-0.1, -0.05) is 6.92 Å². The summed E-state index contributed by atoms with van der Waals surface area (Å²) in [4.78, 5) is 10.8. The van der Waals surface area contributed by atoms with Crippen molar-refractivity contribution in [3.05, 3.63) is 20.8 Å². The van der Waals surface area contributed by atoms with E-state index >= 15 is 0 Å². The van der Waals surface area contributed by atoms with Crippen molar-refractivity contribution in [3.8, 4) is 0 Å². The maximum absolute atomic E-state index is 10.8. The highest BCUT2D eigenvalue weighted by Crippen LogP contribution is 2.30. The molecule has 0 aliphatic rings. The Hall–Kier alpha value is -0.150. The third kappa shape index (κ3) is 2.42. The molecule has 1 nitrogen and oxygen atoms in total. The zero-order valence-corrected chi connectivity index (χ0v) is 9.54. The van der Waals surface area contributed by atoms with Gasteiger partial charge in [-0.25, -0.2) is 0 Å². The number of rotatable bonds is 3. The molecule has 0 spiro atoms. The Morgan fingerprint density at radius 1 is 1.67 bits per heavy atom. The van der Waals surface area contributed by atoms with Gasteiger partial charge in [0.25, 0.3) is 0 Å². The molecular weight excluding hydrogens is 236 g/mol. The van der Waals surface area contributed by atoms with Crippen molar-refractivity contribution in [2.75, 3.05) is 0 Å². The maximum Gasteiger partial charge on any atom is 0.130 e. The zero-order chi connectivity index (χ0) is 9.14. The van der Waals surface area contributed by atoms with Crippen LogP contribution < -0.4 is 0 Å². The van der Waals surface area contributed by atoms with E-state index in [1.54, 1.807) is 18.3 Å². The molecule has 1 unspecified atom stereocenters. The first-order chi connectivity index (χ1) is 5.61. The number of carbonyl (C=O) groups excluding carboxylic acids is 1. The van der Waals surface area contributed by atoms with E-state index in [1.165, 1.54) is 5.56 Å². The van der Waals surface area contributed by atoms with Crippen LogP contribution in [0.1, 0.15) is 31.7 Å². The van der Waals surface area contributed by atoms with Gasteiger partial charge in [0.1, 0.15) is 5.78 Å². The Kier molecular flexibility index (Phi) is 3.47. The van der Waals surface area contributed by atoms with Crippen LogP contribution in [0.25, 0.3) is 0 Å². The summed E-state index contributed by atoms with van der Waals surface area (Å²) in [5.74, 6) is 0.587. The average Bonchev–Trinajstić information content (AvgIpc) is 2.33. The highest BCUT2D eigenvalue weighted by atomic mass is 79.9. The third-order valence-corrected chi connectivity index (χ3v) is 3.52. The summed E-state index contributed by atoms with van der Waals surface area (Å²) in [7, 11) is 0. The summed E-state index contributed by atoms with van der Waals surface area (Å²) >= 11 is 5.12. The minimum absolute atomic E-state index is 0.251. The number of hydrogen-bond donors (Lipinski definition) is 0. The molecule has 0 saturated carbocycles. The zero-order valence-electron chi connectivity index (χ0n) is 7.13. The smallest absolute Gasteiger partial charge is 0.130 e. The summed E-state index contributed by atoms with van der Waals surface area (Å²) in [6.07, 6.45) is 0.634. The topological polar surface area (TPSA) is 17.1 Å². The normalized spacial score (nSPS) is 12.9. The monoisotopic (exact) mass is 246 g/mol. The molecule has 0 radical (unpaired) electrons. The third-order valence-electron chi connectivity index (χ3n) is 1.77. The predicted octanol–water partition coefficient (Wildman–Crippen LogP) is 3.59. The summed E-state index contributed by atoms with van der Waals surface area (Å²) in [5.41, 5.74) is 1.25. The van der Waals surface area contributed by atoms with E-state index in [-0.39, 0.29) is 5.78 Å². The van der Waals surface area contributed by atoms with Crippen LogP contribution in [0, 0.1) is 0 Å². The van der Waals surface area contributed by atoms with Crippen LogP contribution in [0.3, 0.4) is 0 Å². The van der Waals surface area contributed by atoms with Gasteiger partial charge in [0.2, 0.25) is 0 Å². The van der Waals surface area contributed by atoms with Gasteiger partial charge in [-0.2, -0.15) is 11.3 Å². The molecule has 1 rings (SSSR count). The van der Waals surface area contributed by atoms with E-state index in [2.05, 4.69) is 28.2 Å². The summed E-state index contributed by atoms with van der Waals surface area (Å²) in [6.45, 7) is 3.71. The Bertz CT molecular complexity index is 280. The molecule has 0 fully saturated rings. The molecule has 0 aromatic carbocycles. The molecule has 3 heteroatoms. The van der Waals surface area contributed by atoms with E-state index in [9.17, 15) is 4.79 Å². The molecule has 0 aliphatic heterocycles. The molecule has 12 heavy (non-hydrogen) atoms. The number of hydrogen-bond acceptors (Lipinski definition) is 2. The molecular formula is C9H11BrOS. The SMILES string of the molecule is CC(=O)CC(C)c1cscc1Br. The summed E-state index contributed by atoms with van der Waals surface area (Å²) in [5, 5.41) is 4.14. The van der Waals surface area contributed by atoms with Crippen LogP contribution in [0.5, 0.6) is 0 Å². The molecule has 1 aromatic rings. The van der Waals surface area contributed by atoms with E-state index in [1.807, 2.05) is 5.38 Å².